The zero-order chi connectivity index (χ0) is 30.5. The number of aliphatic hydroxyl groups excluding tert-OH is 1. The number of carbonyl (C=O) groups excluding carboxylic acids is 1. The van der Waals surface area contributed by atoms with E-state index in [1.165, 1.54) is 18.5 Å². The molecular formula is C28H29ClF3N5O5. The molecule has 0 saturated carbocycles. The van der Waals surface area contributed by atoms with Gasteiger partial charge in [0.25, 0.3) is 0 Å². The average molecular weight is 608 g/mol. The molecule has 2 aromatic heterocycles. The van der Waals surface area contributed by atoms with Crippen LogP contribution in [0, 0.1) is 0 Å². The van der Waals surface area contributed by atoms with Gasteiger partial charge in [0.15, 0.2) is 5.82 Å². The second-order valence-corrected chi connectivity index (χ2v) is 10.5. The number of fused-ring (bicyclic) bond motifs is 1. The number of nitrogens with zero attached hydrogens (tertiary/aromatic N) is 3. The number of ether oxygens (including phenoxy) is 3. The van der Waals surface area contributed by atoms with Crippen LogP contribution in [0.4, 0.5) is 29.5 Å². The Morgan fingerprint density at radius 2 is 1.81 bits per heavy atom. The third-order valence-electron chi connectivity index (χ3n) is 5.58. The number of halogens is 4. The number of aromatic nitrogens is 3. The van der Waals surface area contributed by atoms with Gasteiger partial charge in [-0.1, -0.05) is 11.6 Å². The standard InChI is InChI=1S/C28H29ClF3N5O5/c1-27(2,3)36-26(39)42-20-13-17(28(30,31)32)12-19(15-20)41-23-5-4-18(14-21(23)29)35-25-24-22(33-16-34-25)6-7-37(24)8-10-40-11-9-38/h4-7,12-16,38H,8-11H2,1-3H3,(H,36,39)(H,33,34,35). The van der Waals surface area contributed by atoms with Gasteiger partial charge in [0.05, 0.1) is 35.9 Å². The molecule has 2 aromatic carbocycles. The molecule has 2 heterocycles. The van der Waals surface area contributed by atoms with Crippen molar-refractivity contribution in [1.29, 1.82) is 0 Å². The zero-order valence-corrected chi connectivity index (χ0v) is 23.7. The fourth-order valence-electron chi connectivity index (χ4n) is 3.86. The Kier molecular flexibility index (Phi) is 9.44. The van der Waals surface area contributed by atoms with Crippen molar-refractivity contribution in [1.82, 2.24) is 19.9 Å². The fraction of sp³-hybridized carbons (Fsp3) is 0.321. The smallest absolute Gasteiger partial charge is 0.416 e. The molecular weight excluding hydrogens is 579 g/mol. The first-order valence-corrected chi connectivity index (χ1v) is 13.2. The van der Waals surface area contributed by atoms with E-state index in [9.17, 15) is 18.0 Å². The van der Waals surface area contributed by atoms with Crippen LogP contribution in [0.3, 0.4) is 0 Å². The Bertz CT molecular complexity index is 1560. The lowest BCUT2D eigenvalue weighted by atomic mass is 10.1. The molecule has 0 fully saturated rings. The maximum atomic E-state index is 13.6. The van der Waals surface area contributed by atoms with Crippen LogP contribution >= 0.6 is 11.6 Å². The lowest BCUT2D eigenvalue weighted by Gasteiger charge is -2.20. The Morgan fingerprint density at radius 3 is 2.50 bits per heavy atom. The number of hydrogen-bond acceptors (Lipinski definition) is 8. The summed E-state index contributed by atoms with van der Waals surface area (Å²) in [6.45, 7) is 6.15. The van der Waals surface area contributed by atoms with Crippen molar-refractivity contribution in [2.45, 2.75) is 39.0 Å². The Labute approximate surface area is 244 Å². The number of aliphatic hydroxyl groups is 1. The third-order valence-corrected chi connectivity index (χ3v) is 5.88. The van der Waals surface area contributed by atoms with Gasteiger partial charge in [-0.3, -0.25) is 0 Å². The summed E-state index contributed by atoms with van der Waals surface area (Å²) in [6, 6.07) is 9.12. The molecule has 0 bridgehead atoms. The van der Waals surface area contributed by atoms with Crippen LogP contribution in [0.15, 0.2) is 55.0 Å². The Morgan fingerprint density at radius 1 is 1.05 bits per heavy atom. The molecule has 224 valence electrons. The van der Waals surface area contributed by atoms with E-state index in [4.69, 9.17) is 30.9 Å². The molecule has 0 unspecified atom stereocenters. The molecule has 0 aliphatic rings. The van der Waals surface area contributed by atoms with Crippen molar-refractivity contribution in [3.05, 3.63) is 65.6 Å². The molecule has 42 heavy (non-hydrogen) atoms. The minimum absolute atomic E-state index is 0.0693. The van der Waals surface area contributed by atoms with Gasteiger partial charge in [0, 0.05) is 30.0 Å². The van der Waals surface area contributed by atoms with Crippen LogP contribution in [0.2, 0.25) is 5.02 Å². The maximum Gasteiger partial charge on any atom is 0.416 e. The minimum atomic E-state index is -4.72. The van der Waals surface area contributed by atoms with Gasteiger partial charge in [-0.15, -0.1) is 0 Å². The molecule has 0 aliphatic heterocycles. The van der Waals surface area contributed by atoms with Gasteiger partial charge >= 0.3 is 12.3 Å². The first-order valence-electron chi connectivity index (χ1n) is 12.8. The maximum absolute atomic E-state index is 13.6. The van der Waals surface area contributed by atoms with Crippen molar-refractivity contribution < 1.29 is 37.3 Å². The summed E-state index contributed by atoms with van der Waals surface area (Å²) in [5, 5.41) is 14.7. The largest absolute Gasteiger partial charge is 0.456 e. The van der Waals surface area contributed by atoms with Crippen LogP contribution < -0.4 is 20.1 Å². The number of hydrogen-bond donors (Lipinski definition) is 3. The molecule has 4 rings (SSSR count). The van der Waals surface area contributed by atoms with Crippen LogP contribution in [-0.2, 0) is 17.5 Å². The highest BCUT2D eigenvalue weighted by molar-refractivity contribution is 6.32. The minimum Gasteiger partial charge on any atom is -0.456 e. The number of rotatable bonds is 10. The summed E-state index contributed by atoms with van der Waals surface area (Å²) in [4.78, 5) is 20.8. The highest BCUT2D eigenvalue weighted by Gasteiger charge is 2.32. The monoisotopic (exact) mass is 607 g/mol. The highest BCUT2D eigenvalue weighted by Crippen LogP contribution is 2.39. The molecule has 3 N–H and O–H groups in total. The summed E-state index contributed by atoms with van der Waals surface area (Å²) in [7, 11) is 0. The van der Waals surface area contributed by atoms with E-state index in [0.717, 1.165) is 12.1 Å². The van der Waals surface area contributed by atoms with Crippen LogP contribution in [0.5, 0.6) is 17.2 Å². The number of carbonyl (C=O) groups is 1. The highest BCUT2D eigenvalue weighted by atomic mass is 35.5. The first-order chi connectivity index (χ1) is 19.8. The van der Waals surface area contributed by atoms with E-state index in [-0.39, 0.29) is 35.5 Å². The molecule has 14 heteroatoms. The van der Waals surface area contributed by atoms with Gasteiger partial charge in [-0.05, 0) is 57.2 Å². The number of benzene rings is 2. The lowest BCUT2D eigenvalue weighted by molar-refractivity contribution is -0.137. The summed E-state index contributed by atoms with van der Waals surface area (Å²) >= 11 is 6.44. The second-order valence-electron chi connectivity index (χ2n) is 10.1. The number of alkyl halides is 3. The van der Waals surface area contributed by atoms with E-state index >= 15 is 0 Å². The quantitative estimate of drug-likeness (QED) is 0.174. The molecule has 0 spiro atoms. The SMILES string of the molecule is CC(C)(C)NC(=O)Oc1cc(Oc2ccc(Nc3ncnc4ccn(CCOCCO)c34)cc2Cl)cc(C(F)(F)F)c1. The Balaban J connectivity index is 1.54. The van der Waals surface area contributed by atoms with Crippen molar-refractivity contribution >= 4 is 40.2 Å². The summed E-state index contributed by atoms with van der Waals surface area (Å²) in [5.41, 5.74) is 0.221. The zero-order valence-electron chi connectivity index (χ0n) is 23.0. The predicted molar refractivity (Wildman–Crippen MR) is 151 cm³/mol. The Hall–Kier alpha value is -4.07. The number of anilines is 2. The molecule has 4 aromatic rings. The first kappa shape index (κ1) is 30.9. The van der Waals surface area contributed by atoms with E-state index in [1.807, 2.05) is 16.8 Å². The molecule has 0 saturated heterocycles. The van der Waals surface area contributed by atoms with E-state index in [1.54, 1.807) is 26.8 Å². The molecule has 1 amide bonds. The topological polar surface area (TPSA) is 120 Å². The van der Waals surface area contributed by atoms with Crippen LogP contribution in [-0.4, -0.2) is 51.1 Å². The average Bonchev–Trinajstić information content (AvgIpc) is 3.30. The summed E-state index contributed by atoms with van der Waals surface area (Å²) in [5.74, 6) is -0.0211. The van der Waals surface area contributed by atoms with Gasteiger partial charge < -0.3 is 34.5 Å². The van der Waals surface area contributed by atoms with Gasteiger partial charge in [0.1, 0.15) is 29.1 Å². The van der Waals surface area contributed by atoms with Gasteiger partial charge in [0.2, 0.25) is 0 Å². The molecule has 0 aliphatic carbocycles. The predicted octanol–water partition coefficient (Wildman–Crippen LogP) is 6.54. The third kappa shape index (κ3) is 8.24. The molecule has 0 atom stereocenters. The van der Waals surface area contributed by atoms with Crippen LogP contribution in [0.25, 0.3) is 11.0 Å². The second kappa shape index (κ2) is 12.8. The van der Waals surface area contributed by atoms with E-state index < -0.39 is 23.4 Å². The normalized spacial score (nSPS) is 11.9. The lowest BCUT2D eigenvalue weighted by Crippen LogP contribution is -2.42. The van der Waals surface area contributed by atoms with Crippen molar-refractivity contribution in [2.24, 2.45) is 0 Å². The van der Waals surface area contributed by atoms with Crippen molar-refractivity contribution in [3.63, 3.8) is 0 Å². The van der Waals surface area contributed by atoms with Crippen molar-refractivity contribution in [2.75, 3.05) is 25.1 Å². The van der Waals surface area contributed by atoms with Crippen molar-refractivity contribution in [3.8, 4) is 17.2 Å². The van der Waals surface area contributed by atoms with Gasteiger partial charge in [-0.25, -0.2) is 14.8 Å². The molecule has 10 nitrogen and oxygen atoms in total. The molecule has 0 radical (unpaired) electrons. The summed E-state index contributed by atoms with van der Waals surface area (Å²) < 4.78 is 58.8. The van der Waals surface area contributed by atoms with Gasteiger partial charge in [-0.2, -0.15) is 13.2 Å². The van der Waals surface area contributed by atoms with E-state index in [0.29, 0.717) is 41.8 Å². The van der Waals surface area contributed by atoms with E-state index in [2.05, 4.69) is 20.6 Å². The number of nitrogens with one attached hydrogen (secondary N) is 2. The number of amides is 1. The van der Waals surface area contributed by atoms with Crippen LogP contribution in [0.1, 0.15) is 26.3 Å². The fourth-order valence-corrected chi connectivity index (χ4v) is 4.08. The summed E-state index contributed by atoms with van der Waals surface area (Å²) in [6.07, 6.45) is -2.38.